The molecular formula is C22H18BrFN4O2. The number of aromatic nitrogens is 3. The van der Waals surface area contributed by atoms with Crippen LogP contribution in [0.5, 0.6) is 0 Å². The summed E-state index contributed by atoms with van der Waals surface area (Å²) in [6.45, 7) is 2.05. The maximum absolute atomic E-state index is 13.5. The lowest BCUT2D eigenvalue weighted by atomic mass is 10.1. The van der Waals surface area contributed by atoms with Gasteiger partial charge in [-0.1, -0.05) is 35.5 Å². The number of rotatable bonds is 6. The second-order valence-electron chi connectivity index (χ2n) is 6.77. The summed E-state index contributed by atoms with van der Waals surface area (Å²) in [5.74, 6) is 0.109. The van der Waals surface area contributed by atoms with Crippen LogP contribution >= 0.6 is 15.9 Å². The van der Waals surface area contributed by atoms with Gasteiger partial charge < -0.3 is 14.4 Å². The van der Waals surface area contributed by atoms with Gasteiger partial charge in [-0.05, 0) is 58.7 Å². The van der Waals surface area contributed by atoms with Crippen LogP contribution in [0.2, 0.25) is 0 Å². The highest BCUT2D eigenvalue weighted by molar-refractivity contribution is 9.10. The Labute approximate surface area is 180 Å². The number of carbonyl (C=O) groups excluding carboxylic acids is 1. The lowest BCUT2D eigenvalue weighted by molar-refractivity contribution is -0.122. The average Bonchev–Trinajstić information content (AvgIpc) is 3.40. The molecular weight excluding hydrogens is 451 g/mol. The van der Waals surface area contributed by atoms with Crippen LogP contribution < -0.4 is 5.32 Å². The molecule has 0 spiro atoms. The number of nitrogens with zero attached hydrogens (tertiary/aromatic N) is 3. The van der Waals surface area contributed by atoms with Crippen molar-refractivity contribution in [3.63, 3.8) is 0 Å². The van der Waals surface area contributed by atoms with Crippen molar-refractivity contribution < 1.29 is 13.7 Å². The number of hydrogen-bond donors (Lipinski definition) is 1. The van der Waals surface area contributed by atoms with Gasteiger partial charge in [0.05, 0.1) is 10.5 Å². The molecule has 1 amide bonds. The Hall–Kier alpha value is -3.26. The van der Waals surface area contributed by atoms with E-state index in [2.05, 4.69) is 31.4 Å². The Balaban J connectivity index is 1.49. The van der Waals surface area contributed by atoms with Gasteiger partial charge in [-0.15, -0.1) is 0 Å². The van der Waals surface area contributed by atoms with E-state index in [9.17, 15) is 9.18 Å². The smallest absolute Gasteiger partial charge is 0.274 e. The molecule has 2 aromatic heterocycles. The molecule has 0 aliphatic carbocycles. The fourth-order valence-electron chi connectivity index (χ4n) is 3.09. The third-order valence-corrected chi connectivity index (χ3v) is 5.25. The van der Waals surface area contributed by atoms with Gasteiger partial charge in [0.2, 0.25) is 11.7 Å². The van der Waals surface area contributed by atoms with Crippen LogP contribution in [0.15, 0.2) is 75.9 Å². The van der Waals surface area contributed by atoms with Crippen molar-refractivity contribution in [1.29, 1.82) is 0 Å². The molecule has 1 atom stereocenters. The molecule has 0 aliphatic heterocycles. The Bertz CT molecular complexity index is 1170. The zero-order chi connectivity index (χ0) is 21.1. The van der Waals surface area contributed by atoms with E-state index in [4.69, 9.17) is 4.52 Å². The highest BCUT2D eigenvalue weighted by Gasteiger charge is 2.17. The van der Waals surface area contributed by atoms with Gasteiger partial charge in [-0.25, -0.2) is 4.39 Å². The monoisotopic (exact) mass is 468 g/mol. The molecule has 2 aromatic carbocycles. The Kier molecular flexibility index (Phi) is 5.76. The van der Waals surface area contributed by atoms with E-state index in [-0.39, 0.29) is 30.2 Å². The molecule has 8 heteroatoms. The predicted octanol–water partition coefficient (Wildman–Crippen LogP) is 4.98. The van der Waals surface area contributed by atoms with Crippen LogP contribution in [0.1, 0.15) is 18.5 Å². The van der Waals surface area contributed by atoms with Crippen molar-refractivity contribution in [1.82, 2.24) is 20.0 Å². The van der Waals surface area contributed by atoms with E-state index in [0.29, 0.717) is 21.6 Å². The molecule has 1 N–H and O–H groups in total. The summed E-state index contributed by atoms with van der Waals surface area (Å²) < 4.78 is 20.9. The number of hydrogen-bond acceptors (Lipinski definition) is 4. The molecule has 0 saturated carbocycles. The fourth-order valence-corrected chi connectivity index (χ4v) is 3.47. The largest absolute Gasteiger partial charge is 0.348 e. The van der Waals surface area contributed by atoms with Crippen molar-refractivity contribution in [2.45, 2.75) is 19.5 Å². The Morgan fingerprint density at radius 1 is 1.20 bits per heavy atom. The second kappa shape index (κ2) is 8.62. The minimum Gasteiger partial charge on any atom is -0.348 e. The summed E-state index contributed by atoms with van der Waals surface area (Å²) in [4.78, 5) is 16.9. The lowest BCUT2D eigenvalue weighted by Crippen LogP contribution is -2.30. The third kappa shape index (κ3) is 4.33. The highest BCUT2D eigenvalue weighted by atomic mass is 79.9. The molecule has 30 heavy (non-hydrogen) atoms. The van der Waals surface area contributed by atoms with Crippen LogP contribution in [-0.4, -0.2) is 20.6 Å². The summed E-state index contributed by atoms with van der Waals surface area (Å²) in [5.41, 5.74) is 2.27. The second-order valence-corrected chi connectivity index (χ2v) is 7.63. The molecule has 0 aliphatic rings. The van der Waals surface area contributed by atoms with Gasteiger partial charge in [-0.3, -0.25) is 4.79 Å². The van der Waals surface area contributed by atoms with Crippen LogP contribution in [-0.2, 0) is 11.3 Å². The van der Waals surface area contributed by atoms with Gasteiger partial charge >= 0.3 is 0 Å². The molecule has 4 aromatic rings. The van der Waals surface area contributed by atoms with Crippen molar-refractivity contribution in [3.8, 4) is 23.0 Å². The normalized spacial score (nSPS) is 12.0. The first-order valence-corrected chi connectivity index (χ1v) is 10.1. The molecule has 0 saturated heterocycles. The third-order valence-electron chi connectivity index (χ3n) is 4.64. The van der Waals surface area contributed by atoms with Crippen LogP contribution in [0.4, 0.5) is 4.39 Å². The SMILES string of the molecule is C[C@H](NC(=O)Cn1cccc1-c1nc(-c2ccc(F)c(Br)c2)no1)c1ccccc1. The molecule has 0 fully saturated rings. The molecule has 6 nitrogen and oxygen atoms in total. The van der Waals surface area contributed by atoms with Crippen molar-refractivity contribution in [2.24, 2.45) is 0 Å². The zero-order valence-electron chi connectivity index (χ0n) is 16.0. The zero-order valence-corrected chi connectivity index (χ0v) is 17.6. The number of halogens is 2. The fraction of sp³-hybridized carbons (Fsp3) is 0.136. The summed E-state index contributed by atoms with van der Waals surface area (Å²) in [5, 5.41) is 6.97. The number of carbonyl (C=O) groups is 1. The molecule has 4 rings (SSSR count). The topological polar surface area (TPSA) is 73.0 Å². The summed E-state index contributed by atoms with van der Waals surface area (Å²) in [6, 6.07) is 17.7. The molecule has 152 valence electrons. The maximum Gasteiger partial charge on any atom is 0.274 e. The highest BCUT2D eigenvalue weighted by Crippen LogP contribution is 2.26. The van der Waals surface area contributed by atoms with Gasteiger partial charge in [0.25, 0.3) is 5.89 Å². The number of nitrogens with one attached hydrogen (secondary N) is 1. The van der Waals surface area contributed by atoms with Crippen LogP contribution in [0.3, 0.4) is 0 Å². The lowest BCUT2D eigenvalue weighted by Gasteiger charge is -2.15. The first kappa shape index (κ1) is 20.0. The summed E-state index contributed by atoms with van der Waals surface area (Å²) in [7, 11) is 0. The van der Waals surface area contributed by atoms with E-state index >= 15 is 0 Å². The maximum atomic E-state index is 13.5. The van der Waals surface area contributed by atoms with E-state index in [1.807, 2.05) is 43.3 Å². The van der Waals surface area contributed by atoms with E-state index in [1.54, 1.807) is 29.0 Å². The first-order chi connectivity index (χ1) is 14.5. The van der Waals surface area contributed by atoms with Gasteiger partial charge in [-0.2, -0.15) is 4.98 Å². The Morgan fingerprint density at radius 3 is 2.77 bits per heavy atom. The first-order valence-electron chi connectivity index (χ1n) is 9.30. The predicted molar refractivity (Wildman–Crippen MR) is 114 cm³/mol. The standard InChI is InChI=1S/C22H18BrFN4O2/c1-14(15-6-3-2-4-7-15)25-20(29)13-28-11-5-8-19(28)22-26-21(27-30-22)16-9-10-18(24)17(23)12-16/h2-12,14H,13H2,1H3,(H,25,29)/t14-/m0/s1. The van der Waals surface area contributed by atoms with Crippen molar-refractivity contribution in [3.05, 3.63) is 82.7 Å². The van der Waals surface area contributed by atoms with Crippen LogP contribution in [0, 0.1) is 5.82 Å². The van der Waals surface area contributed by atoms with E-state index < -0.39 is 0 Å². The van der Waals surface area contributed by atoms with E-state index in [0.717, 1.165) is 5.56 Å². The van der Waals surface area contributed by atoms with Gasteiger partial charge in [0.1, 0.15) is 18.1 Å². The molecule has 2 heterocycles. The van der Waals surface area contributed by atoms with Gasteiger partial charge in [0.15, 0.2) is 0 Å². The van der Waals surface area contributed by atoms with Crippen LogP contribution in [0.25, 0.3) is 23.0 Å². The Morgan fingerprint density at radius 2 is 2.00 bits per heavy atom. The summed E-state index contributed by atoms with van der Waals surface area (Å²) >= 11 is 3.15. The number of benzene rings is 2. The minimum absolute atomic E-state index is 0.107. The quantitative estimate of drug-likeness (QED) is 0.432. The minimum atomic E-state index is -0.368. The van der Waals surface area contributed by atoms with E-state index in [1.165, 1.54) is 6.07 Å². The molecule has 0 radical (unpaired) electrons. The number of amides is 1. The van der Waals surface area contributed by atoms with Crippen molar-refractivity contribution >= 4 is 21.8 Å². The molecule has 0 unspecified atom stereocenters. The van der Waals surface area contributed by atoms with Crippen molar-refractivity contribution in [2.75, 3.05) is 0 Å². The average molecular weight is 469 g/mol. The van der Waals surface area contributed by atoms with Gasteiger partial charge in [0, 0.05) is 11.8 Å². The molecule has 0 bridgehead atoms. The summed E-state index contributed by atoms with van der Waals surface area (Å²) in [6.07, 6.45) is 1.78.